The first-order valence-corrected chi connectivity index (χ1v) is 6.91. The fourth-order valence-electron chi connectivity index (χ4n) is 2.54. The van der Waals surface area contributed by atoms with Crippen molar-refractivity contribution in [3.63, 3.8) is 0 Å². The molecule has 0 saturated carbocycles. The lowest BCUT2D eigenvalue weighted by molar-refractivity contribution is -0.116. The normalized spacial score (nSPS) is 17.2. The summed E-state index contributed by atoms with van der Waals surface area (Å²) in [6.07, 6.45) is 3.39. The van der Waals surface area contributed by atoms with E-state index in [0.717, 1.165) is 36.5 Å². The number of amides is 1. The molecular formula is C15H19ClN4O. The number of hydrogen-bond acceptors (Lipinski definition) is 3. The molecule has 1 atom stereocenters. The summed E-state index contributed by atoms with van der Waals surface area (Å²) < 4.78 is 0. The van der Waals surface area contributed by atoms with E-state index in [1.54, 1.807) is 6.20 Å². The van der Waals surface area contributed by atoms with Gasteiger partial charge in [0.15, 0.2) is 0 Å². The Hall–Kier alpha value is -1.85. The van der Waals surface area contributed by atoms with E-state index in [4.69, 9.17) is 0 Å². The molecule has 112 valence electrons. The molecule has 1 aromatic heterocycles. The Labute approximate surface area is 129 Å². The molecule has 2 aromatic rings. The number of nitrogens with zero attached hydrogens (tertiary/aromatic N) is 1. The summed E-state index contributed by atoms with van der Waals surface area (Å²) in [4.78, 5) is 12.0. The molecule has 1 aliphatic heterocycles. The minimum atomic E-state index is 0. The van der Waals surface area contributed by atoms with Gasteiger partial charge in [-0.25, -0.2) is 0 Å². The van der Waals surface area contributed by atoms with E-state index in [0.29, 0.717) is 12.3 Å². The highest BCUT2D eigenvalue weighted by molar-refractivity contribution is 5.91. The van der Waals surface area contributed by atoms with Crippen LogP contribution in [0.2, 0.25) is 0 Å². The Balaban J connectivity index is 0.00000161. The SMILES string of the molecule is Cl.O=C(CC1CCNC1)Nc1cccc(-c2ccn[nH]2)c1. The quantitative estimate of drug-likeness (QED) is 0.812. The van der Waals surface area contributed by atoms with Crippen molar-refractivity contribution in [3.8, 4) is 11.3 Å². The van der Waals surface area contributed by atoms with E-state index in [-0.39, 0.29) is 18.3 Å². The molecular weight excluding hydrogens is 288 g/mol. The van der Waals surface area contributed by atoms with Gasteiger partial charge in [-0.1, -0.05) is 12.1 Å². The molecule has 0 bridgehead atoms. The number of nitrogens with one attached hydrogen (secondary N) is 3. The second-order valence-corrected chi connectivity index (χ2v) is 5.16. The van der Waals surface area contributed by atoms with E-state index < -0.39 is 0 Å². The predicted octanol–water partition coefficient (Wildman–Crippen LogP) is 2.44. The number of H-pyrrole nitrogens is 1. The smallest absolute Gasteiger partial charge is 0.224 e. The Bertz CT molecular complexity index is 579. The van der Waals surface area contributed by atoms with Gasteiger partial charge in [-0.15, -0.1) is 12.4 Å². The van der Waals surface area contributed by atoms with Crippen LogP contribution in [0, 0.1) is 5.92 Å². The molecule has 5 nitrogen and oxygen atoms in total. The molecule has 3 rings (SSSR count). The summed E-state index contributed by atoms with van der Waals surface area (Å²) in [5.41, 5.74) is 2.79. The van der Waals surface area contributed by atoms with Crippen LogP contribution in [0.3, 0.4) is 0 Å². The van der Waals surface area contributed by atoms with Crippen LogP contribution in [0.1, 0.15) is 12.8 Å². The van der Waals surface area contributed by atoms with Crippen LogP contribution < -0.4 is 10.6 Å². The van der Waals surface area contributed by atoms with Gasteiger partial charge in [-0.05, 0) is 43.6 Å². The van der Waals surface area contributed by atoms with Crippen molar-refractivity contribution in [3.05, 3.63) is 36.5 Å². The van der Waals surface area contributed by atoms with Gasteiger partial charge in [0.1, 0.15) is 0 Å². The summed E-state index contributed by atoms with van der Waals surface area (Å²) in [6.45, 7) is 1.97. The molecule has 3 N–H and O–H groups in total. The number of halogens is 1. The van der Waals surface area contributed by atoms with Crippen LogP contribution in [0.4, 0.5) is 5.69 Å². The maximum Gasteiger partial charge on any atom is 0.224 e. The van der Waals surface area contributed by atoms with Gasteiger partial charge in [0.25, 0.3) is 0 Å². The molecule has 0 spiro atoms. The van der Waals surface area contributed by atoms with Gasteiger partial charge in [-0.3, -0.25) is 9.89 Å². The Morgan fingerprint density at radius 2 is 2.29 bits per heavy atom. The average Bonchev–Trinajstić information content (AvgIpc) is 3.11. The highest BCUT2D eigenvalue weighted by Gasteiger charge is 2.18. The molecule has 1 aromatic carbocycles. The van der Waals surface area contributed by atoms with Crippen LogP contribution in [0.25, 0.3) is 11.3 Å². The first kappa shape index (κ1) is 15.5. The maximum atomic E-state index is 12.0. The molecule has 0 radical (unpaired) electrons. The van der Waals surface area contributed by atoms with Gasteiger partial charge < -0.3 is 10.6 Å². The topological polar surface area (TPSA) is 69.8 Å². The highest BCUT2D eigenvalue weighted by atomic mass is 35.5. The van der Waals surface area contributed by atoms with Crippen molar-refractivity contribution >= 4 is 24.0 Å². The number of benzene rings is 1. The zero-order valence-corrected chi connectivity index (χ0v) is 12.5. The monoisotopic (exact) mass is 306 g/mol. The average molecular weight is 307 g/mol. The van der Waals surface area contributed by atoms with Crippen molar-refractivity contribution in [1.29, 1.82) is 0 Å². The zero-order chi connectivity index (χ0) is 13.8. The molecule has 1 amide bonds. The van der Waals surface area contributed by atoms with E-state index in [2.05, 4.69) is 20.8 Å². The lowest BCUT2D eigenvalue weighted by atomic mass is 10.0. The van der Waals surface area contributed by atoms with E-state index in [1.807, 2.05) is 30.3 Å². The minimum Gasteiger partial charge on any atom is -0.326 e. The Kier molecular flexibility index (Phi) is 5.36. The van der Waals surface area contributed by atoms with Gasteiger partial charge in [0.05, 0.1) is 5.69 Å². The predicted molar refractivity (Wildman–Crippen MR) is 85.5 cm³/mol. The molecule has 0 aliphatic carbocycles. The van der Waals surface area contributed by atoms with E-state index in [1.165, 1.54) is 0 Å². The molecule has 6 heteroatoms. The van der Waals surface area contributed by atoms with Crippen LogP contribution in [0.15, 0.2) is 36.5 Å². The molecule has 1 saturated heterocycles. The lowest BCUT2D eigenvalue weighted by Crippen LogP contribution is -2.18. The summed E-state index contributed by atoms with van der Waals surface area (Å²) in [5.74, 6) is 0.547. The summed E-state index contributed by atoms with van der Waals surface area (Å²) >= 11 is 0. The summed E-state index contributed by atoms with van der Waals surface area (Å²) in [7, 11) is 0. The van der Waals surface area contributed by atoms with Gasteiger partial charge in [0, 0.05) is 23.9 Å². The van der Waals surface area contributed by atoms with Gasteiger partial charge >= 0.3 is 0 Å². The largest absolute Gasteiger partial charge is 0.326 e. The van der Waals surface area contributed by atoms with Crippen LogP contribution in [-0.2, 0) is 4.79 Å². The number of carbonyl (C=O) groups excluding carboxylic acids is 1. The maximum absolute atomic E-state index is 12.0. The van der Waals surface area contributed by atoms with Crippen molar-refractivity contribution in [2.24, 2.45) is 5.92 Å². The summed E-state index contributed by atoms with van der Waals surface area (Å²) in [6, 6.07) is 9.70. The van der Waals surface area contributed by atoms with Crippen molar-refractivity contribution in [2.75, 3.05) is 18.4 Å². The number of aromatic amines is 1. The van der Waals surface area contributed by atoms with E-state index >= 15 is 0 Å². The zero-order valence-electron chi connectivity index (χ0n) is 11.6. The number of anilines is 1. The Morgan fingerprint density at radius 1 is 1.38 bits per heavy atom. The molecule has 2 heterocycles. The van der Waals surface area contributed by atoms with Crippen molar-refractivity contribution < 1.29 is 4.79 Å². The third-order valence-electron chi connectivity index (χ3n) is 3.59. The number of rotatable bonds is 4. The highest BCUT2D eigenvalue weighted by Crippen LogP contribution is 2.21. The molecule has 1 unspecified atom stereocenters. The minimum absolute atomic E-state index is 0. The third-order valence-corrected chi connectivity index (χ3v) is 3.59. The molecule has 21 heavy (non-hydrogen) atoms. The number of carbonyl (C=O) groups is 1. The second kappa shape index (κ2) is 7.24. The van der Waals surface area contributed by atoms with Crippen LogP contribution in [0.5, 0.6) is 0 Å². The fraction of sp³-hybridized carbons (Fsp3) is 0.333. The van der Waals surface area contributed by atoms with E-state index in [9.17, 15) is 4.79 Å². The van der Waals surface area contributed by atoms with Crippen molar-refractivity contribution in [1.82, 2.24) is 15.5 Å². The first-order chi connectivity index (χ1) is 9.81. The molecule has 1 aliphatic rings. The fourth-order valence-corrected chi connectivity index (χ4v) is 2.54. The number of aromatic nitrogens is 2. The second-order valence-electron chi connectivity index (χ2n) is 5.16. The number of hydrogen-bond donors (Lipinski definition) is 3. The standard InChI is InChI=1S/C15H18N4O.ClH/c20-15(8-11-4-6-16-10-11)18-13-3-1-2-12(9-13)14-5-7-17-19-14;/h1-3,5,7,9,11,16H,4,6,8,10H2,(H,17,19)(H,18,20);1H. The van der Waals surface area contributed by atoms with Gasteiger partial charge in [0.2, 0.25) is 5.91 Å². The third kappa shape index (κ3) is 4.06. The van der Waals surface area contributed by atoms with Gasteiger partial charge in [-0.2, -0.15) is 5.10 Å². The lowest BCUT2D eigenvalue weighted by Gasteiger charge is -2.10. The van der Waals surface area contributed by atoms with Crippen molar-refractivity contribution in [2.45, 2.75) is 12.8 Å². The first-order valence-electron chi connectivity index (χ1n) is 6.91. The Morgan fingerprint density at radius 3 is 3.00 bits per heavy atom. The molecule has 1 fully saturated rings. The van der Waals surface area contributed by atoms with Crippen LogP contribution in [-0.4, -0.2) is 29.2 Å². The summed E-state index contributed by atoms with van der Waals surface area (Å²) in [5, 5.41) is 13.1. The van der Waals surface area contributed by atoms with Crippen LogP contribution >= 0.6 is 12.4 Å².